The van der Waals surface area contributed by atoms with E-state index in [4.69, 9.17) is 4.52 Å². The van der Waals surface area contributed by atoms with Crippen LogP contribution in [0.4, 0.5) is 0 Å². The van der Waals surface area contributed by atoms with E-state index in [1.54, 1.807) is 0 Å². The molecule has 0 unspecified atom stereocenters. The summed E-state index contributed by atoms with van der Waals surface area (Å²) in [5.74, 6) is 3.09. The van der Waals surface area contributed by atoms with Crippen molar-refractivity contribution in [2.45, 2.75) is 63.3 Å². The first-order valence-corrected chi connectivity index (χ1v) is 10.8. The van der Waals surface area contributed by atoms with Crippen molar-refractivity contribution in [3.8, 4) is 0 Å². The molecular weight excluding hydrogens is 342 g/mol. The number of carbonyl (C=O) groups excluding carboxylic acids is 1. The van der Waals surface area contributed by atoms with Crippen molar-refractivity contribution < 1.29 is 9.32 Å². The van der Waals surface area contributed by atoms with Crippen LogP contribution in [0.25, 0.3) is 0 Å². The Labute approximate surface area is 160 Å². The van der Waals surface area contributed by atoms with E-state index in [2.05, 4.69) is 25.7 Å². The number of hydrogen-bond donors (Lipinski definition) is 2. The van der Waals surface area contributed by atoms with E-state index < -0.39 is 0 Å². The minimum atomic E-state index is 0.0259. The normalized spacial score (nSPS) is 28.7. The van der Waals surface area contributed by atoms with Gasteiger partial charge in [-0.15, -0.1) is 0 Å². The topological polar surface area (TPSA) is 83.3 Å². The number of rotatable bonds is 4. The smallest absolute Gasteiger partial charge is 0.239 e. The van der Waals surface area contributed by atoms with Gasteiger partial charge in [0.25, 0.3) is 0 Å². The van der Waals surface area contributed by atoms with Crippen molar-refractivity contribution in [3.63, 3.8) is 0 Å². The minimum Gasteiger partial charge on any atom is -0.341 e. The van der Waals surface area contributed by atoms with Gasteiger partial charge in [0.1, 0.15) is 0 Å². The van der Waals surface area contributed by atoms with Gasteiger partial charge in [0.05, 0.1) is 6.04 Å². The van der Waals surface area contributed by atoms with Crippen LogP contribution < -0.4 is 10.6 Å². The molecule has 1 aromatic heterocycles. The van der Waals surface area contributed by atoms with Gasteiger partial charge in [0.2, 0.25) is 11.8 Å². The van der Waals surface area contributed by atoms with Crippen LogP contribution in [0, 0.1) is 11.3 Å². The van der Waals surface area contributed by atoms with Crippen molar-refractivity contribution in [1.29, 1.82) is 0 Å². The van der Waals surface area contributed by atoms with Crippen LogP contribution in [-0.2, 0) is 11.2 Å². The number of piperidine rings is 2. The first-order chi connectivity index (χ1) is 13.2. The lowest BCUT2D eigenvalue weighted by molar-refractivity contribution is -0.134. The van der Waals surface area contributed by atoms with Crippen LogP contribution in [0.3, 0.4) is 0 Å². The third kappa shape index (κ3) is 3.76. The summed E-state index contributed by atoms with van der Waals surface area (Å²) in [5.41, 5.74) is 0.349. The Morgan fingerprint density at radius 3 is 2.70 bits per heavy atom. The molecule has 1 spiro atoms. The lowest BCUT2D eigenvalue weighted by Gasteiger charge is -2.35. The minimum absolute atomic E-state index is 0.0259. The maximum atomic E-state index is 13.0. The third-order valence-electron chi connectivity index (χ3n) is 7.13. The second-order valence-corrected chi connectivity index (χ2v) is 9.18. The van der Waals surface area contributed by atoms with Gasteiger partial charge in [0, 0.05) is 32.0 Å². The Kier molecular flexibility index (Phi) is 4.68. The van der Waals surface area contributed by atoms with Crippen molar-refractivity contribution in [1.82, 2.24) is 25.7 Å². The molecule has 1 saturated carbocycles. The zero-order chi connectivity index (χ0) is 18.3. The highest BCUT2D eigenvalue weighted by Crippen LogP contribution is 2.39. The summed E-state index contributed by atoms with van der Waals surface area (Å²) in [6, 6.07) is 0.0259. The zero-order valence-corrected chi connectivity index (χ0v) is 16.1. The fourth-order valence-corrected chi connectivity index (χ4v) is 5.11. The van der Waals surface area contributed by atoms with Gasteiger partial charge >= 0.3 is 0 Å². The number of aromatic nitrogens is 2. The molecule has 3 aliphatic heterocycles. The summed E-state index contributed by atoms with van der Waals surface area (Å²) in [5, 5.41) is 11.1. The maximum Gasteiger partial charge on any atom is 0.239 e. The first-order valence-electron chi connectivity index (χ1n) is 10.8. The summed E-state index contributed by atoms with van der Waals surface area (Å²) >= 11 is 0. The first kappa shape index (κ1) is 17.6. The van der Waals surface area contributed by atoms with Gasteiger partial charge in [-0.1, -0.05) is 5.16 Å². The number of carbonyl (C=O) groups is 1. The van der Waals surface area contributed by atoms with E-state index in [9.17, 15) is 4.79 Å². The summed E-state index contributed by atoms with van der Waals surface area (Å²) in [7, 11) is 0. The predicted molar refractivity (Wildman–Crippen MR) is 100 cm³/mol. The molecule has 7 nitrogen and oxygen atoms in total. The van der Waals surface area contributed by atoms with E-state index in [0.29, 0.717) is 23.2 Å². The van der Waals surface area contributed by atoms with Gasteiger partial charge in [-0.2, -0.15) is 4.98 Å². The highest BCUT2D eigenvalue weighted by atomic mass is 16.5. The number of hydrogen-bond acceptors (Lipinski definition) is 6. The standard InChI is InChI=1S/C20H31N5O2/c26-19(16-12-20(13-22-16)5-7-21-8-6-20)25-9-3-14(4-10-25)11-17-23-18(27-24-17)15-1-2-15/h14-16,21-22H,1-13H2/t16-/m1/s1. The predicted octanol–water partition coefficient (Wildman–Crippen LogP) is 1.46. The van der Waals surface area contributed by atoms with Crippen molar-refractivity contribution in [2.24, 2.45) is 11.3 Å². The van der Waals surface area contributed by atoms with Gasteiger partial charge in [-0.25, -0.2) is 0 Å². The molecule has 4 heterocycles. The molecule has 7 heteroatoms. The van der Waals surface area contributed by atoms with E-state index in [1.807, 2.05) is 0 Å². The largest absolute Gasteiger partial charge is 0.341 e. The van der Waals surface area contributed by atoms with Crippen LogP contribution in [0.2, 0.25) is 0 Å². The Hall–Kier alpha value is -1.47. The molecule has 148 valence electrons. The lowest BCUT2D eigenvalue weighted by Crippen LogP contribution is -2.47. The molecule has 1 aromatic rings. The summed E-state index contributed by atoms with van der Waals surface area (Å²) < 4.78 is 5.37. The quantitative estimate of drug-likeness (QED) is 0.831. The average molecular weight is 374 g/mol. The highest BCUT2D eigenvalue weighted by Gasteiger charge is 2.43. The molecule has 27 heavy (non-hydrogen) atoms. The monoisotopic (exact) mass is 373 g/mol. The Morgan fingerprint density at radius 1 is 1.19 bits per heavy atom. The summed E-state index contributed by atoms with van der Waals surface area (Å²) in [4.78, 5) is 19.6. The van der Waals surface area contributed by atoms with E-state index in [0.717, 1.165) is 70.1 Å². The average Bonchev–Trinajstić information content (AvgIpc) is 3.32. The van der Waals surface area contributed by atoms with Crippen molar-refractivity contribution in [3.05, 3.63) is 11.7 Å². The molecule has 4 fully saturated rings. The second kappa shape index (κ2) is 7.17. The summed E-state index contributed by atoms with van der Waals surface area (Å²) in [6.45, 7) is 4.91. The van der Waals surface area contributed by atoms with E-state index in [-0.39, 0.29) is 6.04 Å². The third-order valence-corrected chi connectivity index (χ3v) is 7.13. The molecule has 4 aliphatic rings. The Morgan fingerprint density at radius 2 is 1.96 bits per heavy atom. The van der Waals surface area contributed by atoms with E-state index >= 15 is 0 Å². The van der Waals surface area contributed by atoms with Crippen LogP contribution in [0.1, 0.15) is 62.6 Å². The Bertz CT molecular complexity index is 672. The molecule has 1 aliphatic carbocycles. The Balaban J connectivity index is 1.10. The van der Waals surface area contributed by atoms with Crippen LogP contribution >= 0.6 is 0 Å². The van der Waals surface area contributed by atoms with Gasteiger partial charge < -0.3 is 20.1 Å². The molecule has 5 rings (SSSR count). The molecule has 1 atom stereocenters. The molecule has 2 N–H and O–H groups in total. The van der Waals surface area contributed by atoms with Crippen LogP contribution in [-0.4, -0.2) is 59.7 Å². The maximum absolute atomic E-state index is 13.0. The number of nitrogens with zero attached hydrogens (tertiary/aromatic N) is 3. The van der Waals surface area contributed by atoms with Crippen LogP contribution in [0.15, 0.2) is 4.52 Å². The fourth-order valence-electron chi connectivity index (χ4n) is 5.11. The SMILES string of the molecule is O=C([C@H]1CC2(CCNCC2)CN1)N1CCC(Cc2noc(C3CC3)n2)CC1. The molecular formula is C20H31N5O2. The van der Waals surface area contributed by atoms with Gasteiger partial charge in [-0.05, 0) is 69.4 Å². The van der Waals surface area contributed by atoms with Gasteiger partial charge in [-0.3, -0.25) is 4.79 Å². The number of likely N-dealkylation sites (tertiary alicyclic amines) is 1. The molecule has 1 amide bonds. The fraction of sp³-hybridized carbons (Fsp3) is 0.850. The lowest BCUT2D eigenvalue weighted by atomic mass is 9.77. The van der Waals surface area contributed by atoms with Crippen molar-refractivity contribution >= 4 is 5.91 Å². The number of nitrogens with one attached hydrogen (secondary N) is 2. The van der Waals surface area contributed by atoms with E-state index in [1.165, 1.54) is 25.7 Å². The molecule has 0 aromatic carbocycles. The summed E-state index contributed by atoms with van der Waals surface area (Å²) in [6.07, 6.45) is 8.75. The zero-order valence-electron chi connectivity index (χ0n) is 16.1. The highest BCUT2D eigenvalue weighted by molar-refractivity contribution is 5.82. The van der Waals surface area contributed by atoms with Crippen LogP contribution in [0.5, 0.6) is 0 Å². The molecule has 0 bridgehead atoms. The van der Waals surface area contributed by atoms with Gasteiger partial charge in [0.15, 0.2) is 5.82 Å². The second-order valence-electron chi connectivity index (χ2n) is 9.18. The molecule has 3 saturated heterocycles. The van der Waals surface area contributed by atoms with Crippen molar-refractivity contribution in [2.75, 3.05) is 32.7 Å². The molecule has 0 radical (unpaired) electrons. The number of amides is 1.